The van der Waals surface area contributed by atoms with Gasteiger partial charge >= 0.3 is 0 Å². The molecule has 5 heteroatoms. The maximum atomic E-state index is 12.9. The number of benzene rings is 2. The largest absolute Gasteiger partial charge is 0.306 e. The van der Waals surface area contributed by atoms with Gasteiger partial charge in [0.15, 0.2) is 5.82 Å². The van der Waals surface area contributed by atoms with Gasteiger partial charge in [0.05, 0.1) is 11.2 Å². The predicted octanol–water partition coefficient (Wildman–Crippen LogP) is 5.59. The third-order valence-electron chi connectivity index (χ3n) is 5.21. The number of aryl methyl sites for hydroxylation is 2. The van der Waals surface area contributed by atoms with Crippen molar-refractivity contribution < 1.29 is 4.79 Å². The molecule has 0 spiro atoms. The van der Waals surface area contributed by atoms with Crippen molar-refractivity contribution in [3.8, 4) is 5.82 Å². The molecule has 2 heterocycles. The summed E-state index contributed by atoms with van der Waals surface area (Å²) in [7, 11) is 0. The molecule has 4 rings (SSSR count). The Balaban J connectivity index is 1.66. The van der Waals surface area contributed by atoms with Crippen LogP contribution in [0.15, 0.2) is 60.7 Å². The van der Waals surface area contributed by atoms with Crippen LogP contribution in [-0.4, -0.2) is 20.7 Å². The van der Waals surface area contributed by atoms with Crippen molar-refractivity contribution in [3.63, 3.8) is 0 Å². The summed E-state index contributed by atoms with van der Waals surface area (Å²) in [5, 5.41) is 8.66. The van der Waals surface area contributed by atoms with Crippen molar-refractivity contribution in [2.24, 2.45) is 0 Å². The van der Waals surface area contributed by atoms with Crippen molar-refractivity contribution in [3.05, 3.63) is 83.0 Å². The lowest BCUT2D eigenvalue weighted by Gasteiger charge is -2.19. The summed E-state index contributed by atoms with van der Waals surface area (Å²) in [5.74, 6) is 1.10. The minimum Gasteiger partial charge on any atom is -0.306 e. The second-order valence-electron chi connectivity index (χ2n) is 8.68. The van der Waals surface area contributed by atoms with Crippen LogP contribution in [0.25, 0.3) is 16.7 Å². The average molecular weight is 399 g/mol. The first kappa shape index (κ1) is 19.8. The summed E-state index contributed by atoms with van der Waals surface area (Å²) in [6.45, 7) is 10.4. The number of carbonyl (C=O) groups excluding carboxylic acids is 1. The van der Waals surface area contributed by atoms with Gasteiger partial charge in [-0.3, -0.25) is 4.79 Å². The topological polar surface area (TPSA) is 59.8 Å². The zero-order valence-corrected chi connectivity index (χ0v) is 18.0. The summed E-state index contributed by atoms with van der Waals surface area (Å²) in [4.78, 5) is 17.6. The molecule has 0 aliphatic heterocycles. The number of fused-ring (bicyclic) bond motifs is 1. The van der Waals surface area contributed by atoms with Gasteiger partial charge in [-0.2, -0.15) is 9.78 Å². The fourth-order valence-corrected chi connectivity index (χ4v) is 3.51. The second-order valence-corrected chi connectivity index (χ2v) is 8.68. The molecule has 2 aromatic heterocycles. The second kappa shape index (κ2) is 7.41. The first-order valence-electron chi connectivity index (χ1n) is 10.1. The molecule has 0 unspecified atom stereocenters. The molecule has 1 N–H and O–H groups in total. The molecule has 0 aliphatic rings. The number of para-hydroxylation sites is 1. The number of amides is 1. The average Bonchev–Trinajstić information content (AvgIpc) is 3.07. The highest BCUT2D eigenvalue weighted by Crippen LogP contribution is 2.24. The molecular formula is C25H26N4O. The first-order chi connectivity index (χ1) is 14.2. The third-order valence-corrected chi connectivity index (χ3v) is 5.21. The first-order valence-corrected chi connectivity index (χ1v) is 10.1. The zero-order valence-electron chi connectivity index (χ0n) is 18.0. The van der Waals surface area contributed by atoms with Gasteiger partial charge in [0.1, 0.15) is 5.82 Å². The molecule has 0 atom stereocenters. The Morgan fingerprint density at radius 3 is 2.37 bits per heavy atom. The monoisotopic (exact) mass is 398 g/mol. The van der Waals surface area contributed by atoms with Crippen molar-refractivity contribution in [1.29, 1.82) is 0 Å². The zero-order chi connectivity index (χ0) is 21.5. The molecule has 152 valence electrons. The lowest BCUT2D eigenvalue weighted by atomic mass is 9.87. The van der Waals surface area contributed by atoms with Gasteiger partial charge in [-0.1, -0.05) is 51.1 Å². The Kier molecular flexibility index (Phi) is 4.90. The van der Waals surface area contributed by atoms with E-state index in [0.717, 1.165) is 22.2 Å². The van der Waals surface area contributed by atoms with E-state index in [1.54, 1.807) is 4.68 Å². The fourth-order valence-electron chi connectivity index (χ4n) is 3.51. The van der Waals surface area contributed by atoms with Gasteiger partial charge in [0.25, 0.3) is 5.91 Å². The number of hydrogen-bond acceptors (Lipinski definition) is 3. The number of pyridine rings is 1. The normalized spacial score (nSPS) is 11.6. The van der Waals surface area contributed by atoms with Gasteiger partial charge in [-0.25, -0.2) is 4.98 Å². The number of nitrogens with zero attached hydrogens (tertiary/aromatic N) is 3. The highest BCUT2D eigenvalue weighted by Gasteiger charge is 2.17. The lowest BCUT2D eigenvalue weighted by molar-refractivity contribution is 0.102. The number of anilines is 1. The highest BCUT2D eigenvalue weighted by molar-refractivity contribution is 6.04. The quantitative estimate of drug-likeness (QED) is 0.489. The Morgan fingerprint density at radius 1 is 0.967 bits per heavy atom. The Morgan fingerprint density at radius 2 is 1.67 bits per heavy atom. The molecule has 4 aromatic rings. The third kappa shape index (κ3) is 3.83. The predicted molar refractivity (Wildman–Crippen MR) is 121 cm³/mol. The molecule has 1 amide bonds. The van der Waals surface area contributed by atoms with Gasteiger partial charge in [-0.15, -0.1) is 0 Å². The standard InChI is InChI=1S/C25H26N4O/c1-16-14-22(26-21-9-7-6-8-20(16)21)29-23(15-17(2)28-29)27-24(30)18-10-12-19(13-11-18)25(3,4)5/h6-15H,1-5H3,(H,27,30). The van der Waals surface area contributed by atoms with Crippen LogP contribution in [0.4, 0.5) is 5.82 Å². The lowest BCUT2D eigenvalue weighted by Crippen LogP contribution is -2.16. The van der Waals surface area contributed by atoms with Gasteiger partial charge in [0.2, 0.25) is 0 Å². The minimum atomic E-state index is -0.172. The molecule has 5 nitrogen and oxygen atoms in total. The van der Waals surface area contributed by atoms with Crippen LogP contribution in [0.5, 0.6) is 0 Å². The molecule has 0 radical (unpaired) electrons. The van der Waals surface area contributed by atoms with Crippen molar-refractivity contribution in [1.82, 2.24) is 14.8 Å². The molecular weight excluding hydrogens is 372 g/mol. The Hall–Kier alpha value is -3.47. The van der Waals surface area contributed by atoms with Crippen LogP contribution in [0.1, 0.15) is 48.0 Å². The smallest absolute Gasteiger partial charge is 0.256 e. The van der Waals surface area contributed by atoms with E-state index >= 15 is 0 Å². The van der Waals surface area contributed by atoms with Crippen LogP contribution >= 0.6 is 0 Å². The van der Waals surface area contributed by atoms with E-state index in [2.05, 4.69) is 44.2 Å². The summed E-state index contributed by atoms with van der Waals surface area (Å²) in [6.07, 6.45) is 0. The minimum absolute atomic E-state index is 0.0460. The van der Waals surface area contributed by atoms with E-state index in [0.29, 0.717) is 17.2 Å². The number of aromatic nitrogens is 3. The van der Waals surface area contributed by atoms with Gasteiger partial charge < -0.3 is 5.32 Å². The summed E-state index contributed by atoms with van der Waals surface area (Å²) < 4.78 is 1.69. The molecule has 0 fully saturated rings. The summed E-state index contributed by atoms with van der Waals surface area (Å²) in [5.41, 5.74) is 4.66. The van der Waals surface area contributed by atoms with Gasteiger partial charge in [-0.05, 0) is 54.7 Å². The van der Waals surface area contributed by atoms with E-state index in [9.17, 15) is 4.79 Å². The highest BCUT2D eigenvalue weighted by atomic mass is 16.1. The van der Waals surface area contributed by atoms with Crippen LogP contribution < -0.4 is 5.32 Å². The van der Waals surface area contributed by atoms with E-state index in [1.807, 2.05) is 61.5 Å². The van der Waals surface area contributed by atoms with Gasteiger partial charge in [0, 0.05) is 17.0 Å². The van der Waals surface area contributed by atoms with E-state index in [1.165, 1.54) is 5.56 Å². The van der Waals surface area contributed by atoms with Crippen LogP contribution in [0.2, 0.25) is 0 Å². The van der Waals surface area contributed by atoms with Crippen molar-refractivity contribution >= 4 is 22.6 Å². The fraction of sp³-hybridized carbons (Fsp3) is 0.240. The Labute approximate surface area is 176 Å². The molecule has 0 aliphatic carbocycles. The SMILES string of the molecule is Cc1cc(NC(=O)c2ccc(C(C)(C)C)cc2)n(-c2cc(C)c3ccccc3n2)n1. The number of nitrogens with one attached hydrogen (secondary N) is 1. The van der Waals surface area contributed by atoms with E-state index in [4.69, 9.17) is 4.98 Å². The van der Waals surface area contributed by atoms with Crippen LogP contribution in [0, 0.1) is 13.8 Å². The van der Waals surface area contributed by atoms with Crippen molar-refractivity contribution in [2.45, 2.75) is 40.0 Å². The van der Waals surface area contributed by atoms with Crippen LogP contribution in [-0.2, 0) is 5.41 Å². The Bertz CT molecular complexity index is 1230. The maximum absolute atomic E-state index is 12.9. The number of rotatable bonds is 3. The maximum Gasteiger partial charge on any atom is 0.256 e. The molecule has 0 bridgehead atoms. The number of hydrogen-bond donors (Lipinski definition) is 1. The van der Waals surface area contributed by atoms with Crippen molar-refractivity contribution in [2.75, 3.05) is 5.32 Å². The summed E-state index contributed by atoms with van der Waals surface area (Å²) >= 11 is 0. The molecule has 30 heavy (non-hydrogen) atoms. The van der Waals surface area contributed by atoms with E-state index in [-0.39, 0.29) is 11.3 Å². The molecule has 0 saturated carbocycles. The summed E-state index contributed by atoms with van der Waals surface area (Å²) in [6, 6.07) is 19.6. The van der Waals surface area contributed by atoms with E-state index < -0.39 is 0 Å². The molecule has 2 aromatic carbocycles. The van der Waals surface area contributed by atoms with Crippen LogP contribution in [0.3, 0.4) is 0 Å². The number of carbonyl (C=O) groups is 1. The molecule has 0 saturated heterocycles.